The van der Waals surface area contributed by atoms with Crippen LogP contribution in [0.25, 0.3) is 0 Å². The van der Waals surface area contributed by atoms with Gasteiger partial charge in [0.15, 0.2) is 5.78 Å². The molecule has 0 amide bonds. The Labute approximate surface area is 117 Å². The van der Waals surface area contributed by atoms with Gasteiger partial charge in [-0.1, -0.05) is 35.0 Å². The number of hydrogen-bond acceptors (Lipinski definition) is 2. The molecule has 1 aromatic rings. The van der Waals surface area contributed by atoms with Gasteiger partial charge >= 0.3 is 0 Å². The second-order valence-electron chi connectivity index (χ2n) is 5.23. The highest BCUT2D eigenvalue weighted by molar-refractivity contribution is 9.10. The lowest BCUT2D eigenvalue weighted by Gasteiger charge is -2.14. The molecule has 1 aromatic carbocycles. The van der Waals surface area contributed by atoms with Crippen LogP contribution >= 0.6 is 15.9 Å². The number of carbonyl (C=O) groups is 1. The topological polar surface area (TPSA) is 20.3 Å². The van der Waals surface area contributed by atoms with Gasteiger partial charge in [0.1, 0.15) is 0 Å². The van der Waals surface area contributed by atoms with E-state index >= 15 is 0 Å². The molecule has 1 atom stereocenters. The molecular weight excluding hydrogens is 290 g/mol. The predicted molar refractivity (Wildman–Crippen MR) is 77.9 cm³/mol. The number of rotatable bonds is 5. The van der Waals surface area contributed by atoms with E-state index in [4.69, 9.17) is 0 Å². The van der Waals surface area contributed by atoms with Crippen LogP contribution in [0.1, 0.15) is 36.5 Å². The molecule has 1 unspecified atom stereocenters. The lowest BCUT2D eigenvalue weighted by atomic mass is 10.1. The monoisotopic (exact) mass is 309 g/mol. The first-order valence-electron chi connectivity index (χ1n) is 6.66. The fourth-order valence-corrected chi connectivity index (χ4v) is 2.74. The van der Waals surface area contributed by atoms with E-state index in [1.807, 2.05) is 24.3 Å². The first kappa shape index (κ1) is 13.8. The van der Waals surface area contributed by atoms with Crippen LogP contribution in [-0.2, 0) is 0 Å². The van der Waals surface area contributed by atoms with Gasteiger partial charge in [0.25, 0.3) is 0 Å². The Morgan fingerprint density at radius 1 is 1.39 bits per heavy atom. The van der Waals surface area contributed by atoms with Crippen molar-refractivity contribution in [1.29, 1.82) is 0 Å². The zero-order chi connectivity index (χ0) is 13.0. The van der Waals surface area contributed by atoms with Crippen LogP contribution in [0.4, 0.5) is 0 Å². The summed E-state index contributed by atoms with van der Waals surface area (Å²) in [7, 11) is 0. The lowest BCUT2D eigenvalue weighted by molar-refractivity contribution is 0.0976. The molecular formula is C15H20BrNO. The Bertz CT molecular complexity index is 401. The quantitative estimate of drug-likeness (QED) is 0.772. The van der Waals surface area contributed by atoms with E-state index < -0.39 is 0 Å². The first-order chi connectivity index (χ1) is 8.65. The van der Waals surface area contributed by atoms with E-state index in [1.54, 1.807) is 0 Å². The highest BCUT2D eigenvalue weighted by Crippen LogP contribution is 2.16. The third-order valence-corrected chi connectivity index (χ3v) is 4.08. The summed E-state index contributed by atoms with van der Waals surface area (Å²) in [4.78, 5) is 14.4. The van der Waals surface area contributed by atoms with Gasteiger partial charge in [-0.25, -0.2) is 0 Å². The average Bonchev–Trinajstić information content (AvgIpc) is 2.76. The van der Waals surface area contributed by atoms with Crippen LogP contribution < -0.4 is 0 Å². The highest BCUT2D eigenvalue weighted by atomic mass is 79.9. The van der Waals surface area contributed by atoms with Gasteiger partial charge in [0.2, 0.25) is 0 Å². The van der Waals surface area contributed by atoms with E-state index in [9.17, 15) is 4.79 Å². The summed E-state index contributed by atoms with van der Waals surface area (Å²) in [5, 5.41) is 0. The number of nitrogens with zero attached hydrogens (tertiary/aromatic N) is 1. The molecule has 0 N–H and O–H groups in total. The highest BCUT2D eigenvalue weighted by Gasteiger charge is 2.18. The Hall–Kier alpha value is -0.670. The molecule has 2 nitrogen and oxygen atoms in total. The number of likely N-dealkylation sites (tertiary alicyclic amines) is 1. The third kappa shape index (κ3) is 3.92. The standard InChI is InChI=1S/C15H20BrNO/c1-12-8-10-17(11-12)9-2-3-15(18)13-4-6-14(16)7-5-13/h4-7,12H,2-3,8-11H2,1H3. The molecule has 0 aliphatic carbocycles. The molecule has 1 fully saturated rings. The molecule has 0 bridgehead atoms. The van der Waals surface area contributed by atoms with Crippen LogP contribution in [0.15, 0.2) is 28.7 Å². The summed E-state index contributed by atoms with van der Waals surface area (Å²) >= 11 is 3.38. The van der Waals surface area contributed by atoms with Crippen LogP contribution in [-0.4, -0.2) is 30.3 Å². The SMILES string of the molecule is CC1CCN(CCCC(=O)c2ccc(Br)cc2)C1. The number of hydrogen-bond donors (Lipinski definition) is 0. The van der Waals surface area contributed by atoms with Crippen molar-refractivity contribution in [3.63, 3.8) is 0 Å². The summed E-state index contributed by atoms with van der Waals surface area (Å²) in [6, 6.07) is 7.64. The first-order valence-corrected chi connectivity index (χ1v) is 7.45. The van der Waals surface area contributed by atoms with Gasteiger partial charge in [-0.05, 0) is 44.0 Å². The fraction of sp³-hybridized carbons (Fsp3) is 0.533. The van der Waals surface area contributed by atoms with E-state index in [0.29, 0.717) is 6.42 Å². The van der Waals surface area contributed by atoms with Crippen molar-refractivity contribution in [2.75, 3.05) is 19.6 Å². The third-order valence-electron chi connectivity index (χ3n) is 3.55. The minimum atomic E-state index is 0.259. The summed E-state index contributed by atoms with van der Waals surface area (Å²) in [6.45, 7) is 5.76. The summed E-state index contributed by atoms with van der Waals surface area (Å²) in [5.74, 6) is 1.09. The van der Waals surface area contributed by atoms with E-state index in [1.165, 1.54) is 19.5 Å². The predicted octanol–water partition coefficient (Wildman–Crippen LogP) is 3.75. The zero-order valence-corrected chi connectivity index (χ0v) is 12.4. The van der Waals surface area contributed by atoms with Crippen molar-refractivity contribution in [3.05, 3.63) is 34.3 Å². The molecule has 18 heavy (non-hydrogen) atoms. The molecule has 0 aromatic heterocycles. The average molecular weight is 310 g/mol. The van der Waals surface area contributed by atoms with Crippen molar-refractivity contribution >= 4 is 21.7 Å². The Morgan fingerprint density at radius 3 is 2.72 bits per heavy atom. The van der Waals surface area contributed by atoms with Gasteiger partial charge in [0, 0.05) is 23.0 Å². The van der Waals surface area contributed by atoms with Crippen molar-refractivity contribution in [2.24, 2.45) is 5.92 Å². The molecule has 98 valence electrons. The maximum absolute atomic E-state index is 12.0. The molecule has 1 heterocycles. The van der Waals surface area contributed by atoms with Crippen LogP contribution in [0.2, 0.25) is 0 Å². The van der Waals surface area contributed by atoms with Gasteiger partial charge in [-0.2, -0.15) is 0 Å². The minimum absolute atomic E-state index is 0.259. The van der Waals surface area contributed by atoms with Crippen molar-refractivity contribution in [1.82, 2.24) is 4.90 Å². The molecule has 1 aliphatic heterocycles. The summed E-state index contributed by atoms with van der Waals surface area (Å²) < 4.78 is 1.02. The summed E-state index contributed by atoms with van der Waals surface area (Å²) in [6.07, 6.45) is 2.94. The molecule has 1 aliphatic rings. The number of benzene rings is 1. The number of carbonyl (C=O) groups excluding carboxylic acids is 1. The molecule has 0 radical (unpaired) electrons. The Kier molecular flexibility index (Phi) is 4.95. The molecule has 3 heteroatoms. The molecule has 2 rings (SSSR count). The van der Waals surface area contributed by atoms with Gasteiger partial charge in [-0.15, -0.1) is 0 Å². The fourth-order valence-electron chi connectivity index (χ4n) is 2.47. The van der Waals surface area contributed by atoms with E-state index in [-0.39, 0.29) is 5.78 Å². The molecule has 1 saturated heterocycles. The normalized spacial score (nSPS) is 20.2. The van der Waals surface area contributed by atoms with Crippen LogP contribution in [0, 0.1) is 5.92 Å². The van der Waals surface area contributed by atoms with Crippen LogP contribution in [0.5, 0.6) is 0 Å². The maximum Gasteiger partial charge on any atom is 0.162 e. The number of Topliss-reactive ketones (excluding diaryl/α,β-unsaturated/α-hetero) is 1. The van der Waals surface area contributed by atoms with E-state index in [2.05, 4.69) is 27.8 Å². The minimum Gasteiger partial charge on any atom is -0.303 e. The van der Waals surface area contributed by atoms with Crippen molar-refractivity contribution < 1.29 is 4.79 Å². The van der Waals surface area contributed by atoms with Gasteiger partial charge in [-0.3, -0.25) is 4.79 Å². The second-order valence-corrected chi connectivity index (χ2v) is 6.14. The van der Waals surface area contributed by atoms with Crippen LogP contribution in [0.3, 0.4) is 0 Å². The summed E-state index contributed by atoms with van der Waals surface area (Å²) in [5.41, 5.74) is 0.827. The second kappa shape index (κ2) is 6.48. The van der Waals surface area contributed by atoms with Gasteiger partial charge in [0.05, 0.1) is 0 Å². The maximum atomic E-state index is 12.0. The van der Waals surface area contributed by atoms with Crippen molar-refractivity contribution in [3.8, 4) is 0 Å². The van der Waals surface area contributed by atoms with E-state index in [0.717, 1.165) is 28.9 Å². The van der Waals surface area contributed by atoms with Gasteiger partial charge < -0.3 is 4.90 Å². The Morgan fingerprint density at radius 2 is 2.11 bits per heavy atom. The molecule has 0 saturated carbocycles. The molecule has 0 spiro atoms. The Balaban J connectivity index is 1.73. The smallest absolute Gasteiger partial charge is 0.162 e. The number of ketones is 1. The number of halogens is 1. The van der Waals surface area contributed by atoms with Crippen molar-refractivity contribution in [2.45, 2.75) is 26.2 Å². The largest absolute Gasteiger partial charge is 0.303 e. The zero-order valence-electron chi connectivity index (χ0n) is 10.9. The lowest BCUT2D eigenvalue weighted by Crippen LogP contribution is -2.22.